The van der Waals surface area contributed by atoms with E-state index in [1.807, 2.05) is 90.3 Å². The van der Waals surface area contributed by atoms with Crippen LogP contribution in [-0.4, -0.2) is 189 Å². The number of fused-ring (bicyclic) bond motifs is 4. The molecule has 6 unspecified atom stereocenters. The van der Waals surface area contributed by atoms with Gasteiger partial charge in [-0.2, -0.15) is 23.5 Å². The molecular formula is C105H133ClFN11O9S4. The van der Waals surface area contributed by atoms with Gasteiger partial charge in [0.2, 0.25) is 17.7 Å². The molecule has 0 spiro atoms. The number of amides is 3. The van der Waals surface area contributed by atoms with E-state index in [1.165, 1.54) is 68.0 Å². The quantitative estimate of drug-likeness (QED) is 0.0365. The first-order valence-corrected chi connectivity index (χ1v) is 52.1. The third kappa shape index (κ3) is 25.8. The number of para-hydroxylation sites is 2. The Bertz CT molecular complexity index is 5200. The zero-order valence-electron chi connectivity index (χ0n) is 78.9. The van der Waals surface area contributed by atoms with E-state index in [1.54, 1.807) is 47.4 Å². The molecule has 6 aromatic carbocycles. The molecule has 18 rings (SSSR count). The van der Waals surface area contributed by atoms with Crippen LogP contribution in [0.4, 0.5) is 21.5 Å². The molecule has 4 aromatic heterocycles. The van der Waals surface area contributed by atoms with Gasteiger partial charge < -0.3 is 52.2 Å². The van der Waals surface area contributed by atoms with Crippen LogP contribution in [0, 0.1) is 102 Å². The van der Waals surface area contributed by atoms with Crippen LogP contribution in [0.5, 0.6) is 0 Å². The first kappa shape index (κ1) is 98.0. The van der Waals surface area contributed by atoms with Crippen molar-refractivity contribution in [1.82, 2.24) is 40.2 Å². The van der Waals surface area contributed by atoms with Crippen molar-refractivity contribution in [3.63, 3.8) is 0 Å². The molecule has 26 heteroatoms. The number of anilines is 3. The molecule has 10 aromatic rings. The van der Waals surface area contributed by atoms with Gasteiger partial charge in [0.1, 0.15) is 35.0 Å². The molecule has 0 N–H and O–H groups in total. The van der Waals surface area contributed by atoms with Gasteiger partial charge in [-0.1, -0.05) is 135 Å². The lowest BCUT2D eigenvalue weighted by molar-refractivity contribution is -0.149. The molecule has 131 heavy (non-hydrogen) atoms. The Labute approximate surface area is 797 Å². The number of nitrogens with zero attached hydrogens (tertiary/aromatic N) is 11. The Morgan fingerprint density at radius 2 is 0.809 bits per heavy atom. The summed E-state index contributed by atoms with van der Waals surface area (Å²) in [5.41, 5.74) is 23.0. The minimum Gasteiger partial charge on any atom is -0.462 e. The van der Waals surface area contributed by atoms with E-state index in [0.29, 0.717) is 65.7 Å². The average Bonchev–Trinajstić information content (AvgIpc) is 1.62. The van der Waals surface area contributed by atoms with E-state index in [-0.39, 0.29) is 35.6 Å². The summed E-state index contributed by atoms with van der Waals surface area (Å²) < 4.78 is 39.6. The first-order valence-electron chi connectivity index (χ1n) is 47.1. The van der Waals surface area contributed by atoms with Crippen molar-refractivity contribution < 1.29 is 46.4 Å². The van der Waals surface area contributed by atoms with Gasteiger partial charge in [-0.05, 0) is 246 Å². The number of esters is 1. The average molecular weight is 1880 g/mol. The Kier molecular flexibility index (Phi) is 35.0. The van der Waals surface area contributed by atoms with Gasteiger partial charge in [0.25, 0.3) is 0 Å². The van der Waals surface area contributed by atoms with Crippen molar-refractivity contribution in [2.24, 2.45) is 5.92 Å². The lowest BCUT2D eigenvalue weighted by Gasteiger charge is -2.39. The molecule has 700 valence electrons. The summed E-state index contributed by atoms with van der Waals surface area (Å²) in [6.07, 6.45) is 12.3. The number of aromatic nitrogens is 4. The number of hydrogen-bond donors (Lipinski definition) is 0. The number of rotatable bonds is 26. The Hall–Kier alpha value is -8.98. The highest BCUT2D eigenvalue weighted by Gasteiger charge is 2.48. The summed E-state index contributed by atoms with van der Waals surface area (Å²) in [5, 5.41) is 16.7. The third-order valence-electron chi connectivity index (χ3n) is 28.0. The highest BCUT2D eigenvalue weighted by Crippen LogP contribution is 2.50. The van der Waals surface area contributed by atoms with Crippen LogP contribution in [-0.2, 0) is 46.9 Å². The minimum atomic E-state index is -0.232. The smallest absolute Gasteiger partial charge is 0.306 e. The lowest BCUT2D eigenvalue weighted by atomic mass is 9.83. The number of piperazine rings is 2. The fraction of sp³-hybridized carbons (Fsp3) is 0.505. The summed E-state index contributed by atoms with van der Waals surface area (Å²) >= 11 is 13.2. The summed E-state index contributed by atoms with van der Waals surface area (Å²) in [7, 11) is 0. The van der Waals surface area contributed by atoms with Crippen molar-refractivity contribution >= 4 is 99.4 Å². The minimum absolute atomic E-state index is 0.0466. The molecule has 6 atom stereocenters. The van der Waals surface area contributed by atoms with Gasteiger partial charge in [-0.15, -0.1) is 23.5 Å². The van der Waals surface area contributed by atoms with E-state index in [4.69, 9.17) is 34.4 Å². The monoisotopic (exact) mass is 1870 g/mol. The third-order valence-corrected chi connectivity index (χ3v) is 32.1. The molecule has 20 nitrogen and oxygen atoms in total. The zero-order chi connectivity index (χ0) is 92.4. The predicted octanol–water partition coefficient (Wildman–Crippen LogP) is 21.9. The van der Waals surface area contributed by atoms with Crippen molar-refractivity contribution in [3.05, 3.63) is 263 Å². The number of benzene rings is 6. The molecule has 8 aliphatic rings. The second-order valence-corrected chi connectivity index (χ2v) is 41.4. The van der Waals surface area contributed by atoms with Crippen LogP contribution in [0.15, 0.2) is 158 Å². The number of thioether (sulfide) groups is 4. The zero-order valence-corrected chi connectivity index (χ0v) is 82.9. The second-order valence-electron chi connectivity index (χ2n) is 36.8. The number of aryl methyl sites for hydroxylation is 13. The number of carbonyl (C=O) groups excluding carboxylic acids is 4. The SMILES string of the molecule is Cc1ccc(Cl)cc1N1CCN(C(=O)C2CC2c2ccc(F)cc2)CC1.Cc1ccccc1C1CC2CCC(C1)N2C(=O)CSCc1c(C)noc1C.Cc1ccccc1C1CC2CCC(C1)N2C(=O)CSCc1c(C)noc1C.Cc1ccccc1N1CCC(OC(=O)CCSCc2c(C)noc2C)CC1.Cc1ccccc1N1CCN(CCSCc2c(C)noc2C)CC1. The molecule has 7 aliphatic heterocycles. The highest BCUT2D eigenvalue weighted by molar-refractivity contribution is 7.99. The van der Waals surface area contributed by atoms with Crippen LogP contribution in [0.1, 0.15) is 207 Å². The standard InChI is InChI=1S/2C22H28N2O2S.C21H22ClFN2O.C21H28N2O3S.C19H27N3OS/c2*1-14-6-4-5-7-20(14)17-10-18-8-9-19(11-17)24(18)22(25)13-27-12-21-15(2)23-26-16(21)3;1-14-2-5-16(22)12-20(14)24-8-10-25(11-9-24)21(26)19-13-18(19)15-3-6-17(23)7-4-15;1-15-6-4-5-7-20(15)23-11-8-18(9-12-23)25-21(24)10-13-27-14-19-16(2)22-26-17(19)3;1-15-6-4-5-7-19(15)22-10-8-21(9-11-22)12-13-24-14-18-16(2)20-23-17(18)3/h2*4-7,17-19H,8-13H2,1-3H3;2-7,12,18-19H,8-11,13H2,1H3;4-7,18H,8-14H2,1-3H3;4-7H,8-14H2,1-3H3. The fourth-order valence-corrected chi connectivity index (χ4v) is 24.8. The van der Waals surface area contributed by atoms with Gasteiger partial charge in [0, 0.05) is 194 Å². The van der Waals surface area contributed by atoms with Gasteiger partial charge in [-0.25, -0.2) is 4.39 Å². The van der Waals surface area contributed by atoms with E-state index >= 15 is 0 Å². The van der Waals surface area contributed by atoms with Crippen LogP contribution in [0.25, 0.3) is 0 Å². The van der Waals surface area contributed by atoms with E-state index < -0.39 is 0 Å². The van der Waals surface area contributed by atoms with E-state index in [9.17, 15) is 23.6 Å². The maximum absolute atomic E-state index is 13.1. The summed E-state index contributed by atoms with van der Waals surface area (Å²) in [6, 6.07) is 48.8. The molecule has 7 saturated heterocycles. The Morgan fingerprint density at radius 1 is 0.420 bits per heavy atom. The van der Waals surface area contributed by atoms with Crippen LogP contribution < -0.4 is 14.7 Å². The number of carbonyl (C=O) groups is 4. The van der Waals surface area contributed by atoms with Gasteiger partial charge in [0.05, 0.1) is 40.7 Å². The number of ether oxygens (including phenoxy) is 1. The largest absolute Gasteiger partial charge is 0.462 e. The fourth-order valence-electron chi connectivity index (χ4n) is 20.3. The maximum atomic E-state index is 13.1. The lowest BCUT2D eigenvalue weighted by Crippen LogP contribution is -2.49. The summed E-state index contributed by atoms with van der Waals surface area (Å²) in [5.74, 6) is 12.0. The first-order chi connectivity index (χ1) is 63.3. The van der Waals surface area contributed by atoms with E-state index in [0.717, 1.165) is 256 Å². The molecule has 3 amide bonds. The molecule has 4 bridgehead atoms. The Morgan fingerprint density at radius 3 is 1.24 bits per heavy atom. The molecule has 11 heterocycles. The van der Waals surface area contributed by atoms with Gasteiger partial charge in [-0.3, -0.25) is 24.1 Å². The maximum Gasteiger partial charge on any atom is 0.306 e. The van der Waals surface area contributed by atoms with Gasteiger partial charge in [0.15, 0.2) is 0 Å². The summed E-state index contributed by atoms with van der Waals surface area (Å²) in [6.45, 7) is 37.2. The topological polar surface area (TPSA) is 204 Å². The van der Waals surface area contributed by atoms with Gasteiger partial charge >= 0.3 is 5.97 Å². The Balaban J connectivity index is 0.000000132. The molecule has 1 saturated carbocycles. The summed E-state index contributed by atoms with van der Waals surface area (Å²) in [4.78, 5) is 67.0. The molecule has 1 aliphatic carbocycles. The van der Waals surface area contributed by atoms with Crippen molar-refractivity contribution in [2.75, 3.05) is 110 Å². The second kappa shape index (κ2) is 46.8. The van der Waals surface area contributed by atoms with Crippen molar-refractivity contribution in [3.8, 4) is 0 Å². The molecule has 8 fully saturated rings. The van der Waals surface area contributed by atoms with Crippen molar-refractivity contribution in [2.45, 2.75) is 238 Å². The number of hydrogen-bond acceptors (Lipinski definition) is 21. The normalized spacial score (nSPS) is 20.5. The highest BCUT2D eigenvalue weighted by atomic mass is 35.5. The predicted molar refractivity (Wildman–Crippen MR) is 531 cm³/mol. The van der Waals surface area contributed by atoms with Crippen LogP contribution in [0.3, 0.4) is 0 Å². The van der Waals surface area contributed by atoms with Crippen LogP contribution >= 0.6 is 58.6 Å². The van der Waals surface area contributed by atoms with E-state index in [2.05, 4.69) is 182 Å². The molecular weight excluding hydrogens is 1740 g/mol. The van der Waals surface area contributed by atoms with Crippen LogP contribution in [0.2, 0.25) is 5.02 Å². The van der Waals surface area contributed by atoms with Crippen molar-refractivity contribution in [1.29, 1.82) is 0 Å². The molecule has 0 radical (unpaired) electrons. The number of halogens is 2. The number of piperidine rings is 3.